The molecular formula is C17H22N2O2. The topological polar surface area (TPSA) is 57.4 Å². The summed E-state index contributed by atoms with van der Waals surface area (Å²) in [6, 6.07) is 11.9. The molecule has 1 heterocycles. The van der Waals surface area contributed by atoms with Crippen molar-refractivity contribution < 1.29 is 9.47 Å². The van der Waals surface area contributed by atoms with Crippen molar-refractivity contribution in [2.75, 3.05) is 6.61 Å². The van der Waals surface area contributed by atoms with Crippen molar-refractivity contribution in [2.24, 2.45) is 5.73 Å². The molecule has 0 aliphatic rings. The molecule has 0 fully saturated rings. The van der Waals surface area contributed by atoms with E-state index in [-0.39, 0.29) is 6.04 Å². The molecule has 1 aromatic heterocycles. The Labute approximate surface area is 125 Å². The zero-order valence-corrected chi connectivity index (χ0v) is 12.6. The maximum atomic E-state index is 5.84. The van der Waals surface area contributed by atoms with Crippen LogP contribution in [-0.2, 0) is 13.0 Å². The van der Waals surface area contributed by atoms with Gasteiger partial charge in [-0.3, -0.25) is 4.98 Å². The third-order valence-electron chi connectivity index (χ3n) is 2.97. The molecule has 4 heteroatoms. The molecule has 0 aliphatic heterocycles. The van der Waals surface area contributed by atoms with Gasteiger partial charge in [-0.05, 0) is 50.1 Å². The van der Waals surface area contributed by atoms with Crippen molar-refractivity contribution >= 4 is 0 Å². The minimum absolute atomic E-state index is 0.125. The molecule has 0 aliphatic carbocycles. The Morgan fingerprint density at radius 1 is 1.14 bits per heavy atom. The minimum Gasteiger partial charge on any atom is -0.490 e. The van der Waals surface area contributed by atoms with E-state index in [0.29, 0.717) is 13.2 Å². The first kappa shape index (κ1) is 15.3. The molecule has 0 radical (unpaired) electrons. The van der Waals surface area contributed by atoms with Crippen LogP contribution in [0.1, 0.15) is 25.1 Å². The normalized spacial score (nSPS) is 12.0. The molecule has 0 saturated carbocycles. The molecule has 0 amide bonds. The Hall–Kier alpha value is -2.07. The van der Waals surface area contributed by atoms with Crippen molar-refractivity contribution in [1.29, 1.82) is 0 Å². The molecule has 2 rings (SSSR count). The maximum Gasteiger partial charge on any atom is 0.161 e. The van der Waals surface area contributed by atoms with E-state index in [0.717, 1.165) is 29.2 Å². The zero-order valence-electron chi connectivity index (χ0n) is 12.6. The SMILES string of the molecule is CCOc1cc(CC(C)N)ccc1OCc1ccccn1. The first-order valence-electron chi connectivity index (χ1n) is 7.23. The Bertz CT molecular complexity index is 556. The lowest BCUT2D eigenvalue weighted by Crippen LogP contribution is -2.17. The van der Waals surface area contributed by atoms with Crippen LogP contribution in [-0.4, -0.2) is 17.6 Å². The molecule has 0 spiro atoms. The lowest BCUT2D eigenvalue weighted by atomic mass is 10.1. The van der Waals surface area contributed by atoms with Gasteiger partial charge in [-0.1, -0.05) is 12.1 Å². The van der Waals surface area contributed by atoms with Gasteiger partial charge in [0.2, 0.25) is 0 Å². The van der Waals surface area contributed by atoms with Crippen LogP contribution in [0.5, 0.6) is 11.5 Å². The monoisotopic (exact) mass is 286 g/mol. The zero-order chi connectivity index (χ0) is 15.1. The van der Waals surface area contributed by atoms with Crippen molar-refractivity contribution in [1.82, 2.24) is 4.98 Å². The fraction of sp³-hybridized carbons (Fsp3) is 0.353. The van der Waals surface area contributed by atoms with Gasteiger partial charge in [0.05, 0.1) is 12.3 Å². The van der Waals surface area contributed by atoms with E-state index >= 15 is 0 Å². The summed E-state index contributed by atoms with van der Waals surface area (Å²) < 4.78 is 11.5. The average Bonchev–Trinajstić information content (AvgIpc) is 2.47. The smallest absolute Gasteiger partial charge is 0.161 e. The molecule has 1 aromatic carbocycles. The number of rotatable bonds is 7. The quantitative estimate of drug-likeness (QED) is 0.850. The second kappa shape index (κ2) is 7.64. The van der Waals surface area contributed by atoms with Crippen LogP contribution in [0.25, 0.3) is 0 Å². The number of hydrogen-bond donors (Lipinski definition) is 1. The lowest BCUT2D eigenvalue weighted by molar-refractivity contribution is 0.266. The number of nitrogens with two attached hydrogens (primary N) is 1. The Morgan fingerprint density at radius 2 is 2.00 bits per heavy atom. The van der Waals surface area contributed by atoms with E-state index in [1.807, 2.05) is 50.2 Å². The van der Waals surface area contributed by atoms with E-state index in [1.165, 1.54) is 0 Å². The number of ether oxygens (including phenoxy) is 2. The molecule has 2 aromatic rings. The number of aromatic nitrogens is 1. The van der Waals surface area contributed by atoms with Crippen LogP contribution in [0, 0.1) is 0 Å². The Morgan fingerprint density at radius 3 is 2.67 bits per heavy atom. The van der Waals surface area contributed by atoms with Crippen LogP contribution in [0.2, 0.25) is 0 Å². The third-order valence-corrected chi connectivity index (χ3v) is 2.97. The predicted octanol–water partition coefficient (Wildman–Crippen LogP) is 2.95. The van der Waals surface area contributed by atoms with Crippen LogP contribution in [0.15, 0.2) is 42.6 Å². The highest BCUT2D eigenvalue weighted by atomic mass is 16.5. The Balaban J connectivity index is 2.10. The summed E-state index contributed by atoms with van der Waals surface area (Å²) in [5, 5.41) is 0. The Kier molecular flexibility index (Phi) is 5.58. The maximum absolute atomic E-state index is 5.84. The van der Waals surface area contributed by atoms with Gasteiger partial charge >= 0.3 is 0 Å². The molecule has 4 nitrogen and oxygen atoms in total. The van der Waals surface area contributed by atoms with Gasteiger partial charge < -0.3 is 15.2 Å². The van der Waals surface area contributed by atoms with E-state index in [9.17, 15) is 0 Å². The van der Waals surface area contributed by atoms with E-state index in [2.05, 4.69) is 4.98 Å². The molecule has 2 N–H and O–H groups in total. The van der Waals surface area contributed by atoms with Gasteiger partial charge in [0, 0.05) is 12.2 Å². The highest BCUT2D eigenvalue weighted by Gasteiger charge is 2.08. The fourth-order valence-electron chi connectivity index (χ4n) is 2.07. The summed E-state index contributed by atoms with van der Waals surface area (Å²) in [5.74, 6) is 1.49. The van der Waals surface area contributed by atoms with Crippen LogP contribution in [0.4, 0.5) is 0 Å². The van der Waals surface area contributed by atoms with Crippen molar-refractivity contribution in [3.8, 4) is 11.5 Å². The van der Waals surface area contributed by atoms with Crippen molar-refractivity contribution in [3.63, 3.8) is 0 Å². The average molecular weight is 286 g/mol. The highest BCUT2D eigenvalue weighted by molar-refractivity contribution is 5.43. The standard InChI is InChI=1S/C17H22N2O2/c1-3-20-17-11-14(10-13(2)18)7-8-16(17)21-12-15-6-4-5-9-19-15/h4-9,11,13H,3,10,12,18H2,1-2H3. The van der Waals surface area contributed by atoms with Crippen LogP contribution in [0.3, 0.4) is 0 Å². The largest absolute Gasteiger partial charge is 0.490 e. The van der Waals surface area contributed by atoms with Crippen molar-refractivity contribution in [2.45, 2.75) is 32.9 Å². The summed E-state index contributed by atoms with van der Waals surface area (Å²) in [6.07, 6.45) is 2.58. The summed E-state index contributed by atoms with van der Waals surface area (Å²) in [5.41, 5.74) is 7.88. The number of benzene rings is 1. The summed E-state index contributed by atoms with van der Waals surface area (Å²) in [4.78, 5) is 4.24. The summed E-state index contributed by atoms with van der Waals surface area (Å²) >= 11 is 0. The first-order valence-corrected chi connectivity index (χ1v) is 7.23. The summed E-state index contributed by atoms with van der Waals surface area (Å²) in [6.45, 7) is 4.97. The predicted molar refractivity (Wildman–Crippen MR) is 83.5 cm³/mol. The van der Waals surface area contributed by atoms with Crippen molar-refractivity contribution in [3.05, 3.63) is 53.9 Å². The van der Waals surface area contributed by atoms with Crippen LogP contribution >= 0.6 is 0 Å². The third kappa shape index (κ3) is 4.76. The van der Waals surface area contributed by atoms with E-state index in [1.54, 1.807) is 6.20 Å². The highest BCUT2D eigenvalue weighted by Crippen LogP contribution is 2.29. The van der Waals surface area contributed by atoms with Gasteiger partial charge in [-0.2, -0.15) is 0 Å². The van der Waals surface area contributed by atoms with E-state index in [4.69, 9.17) is 15.2 Å². The second-order valence-electron chi connectivity index (χ2n) is 5.01. The van der Waals surface area contributed by atoms with E-state index < -0.39 is 0 Å². The lowest BCUT2D eigenvalue weighted by Gasteiger charge is -2.14. The molecule has 1 atom stereocenters. The van der Waals surface area contributed by atoms with Gasteiger partial charge in [0.1, 0.15) is 6.61 Å². The van der Waals surface area contributed by atoms with Gasteiger partial charge in [-0.25, -0.2) is 0 Å². The fourth-order valence-corrected chi connectivity index (χ4v) is 2.07. The minimum atomic E-state index is 0.125. The molecule has 21 heavy (non-hydrogen) atoms. The van der Waals surface area contributed by atoms with Crippen LogP contribution < -0.4 is 15.2 Å². The molecule has 0 saturated heterocycles. The molecule has 112 valence electrons. The van der Waals surface area contributed by atoms with Gasteiger partial charge in [0.25, 0.3) is 0 Å². The molecule has 0 bridgehead atoms. The second-order valence-corrected chi connectivity index (χ2v) is 5.01. The summed E-state index contributed by atoms with van der Waals surface area (Å²) in [7, 11) is 0. The number of hydrogen-bond acceptors (Lipinski definition) is 4. The van der Waals surface area contributed by atoms with Gasteiger partial charge in [0.15, 0.2) is 11.5 Å². The van der Waals surface area contributed by atoms with Gasteiger partial charge in [-0.15, -0.1) is 0 Å². The first-order chi connectivity index (χ1) is 10.2. The molecule has 1 unspecified atom stereocenters. The number of nitrogens with zero attached hydrogens (tertiary/aromatic N) is 1. The molecular weight excluding hydrogens is 264 g/mol. The number of pyridine rings is 1.